The lowest BCUT2D eigenvalue weighted by Gasteiger charge is -2.31. The van der Waals surface area contributed by atoms with Gasteiger partial charge in [-0.05, 0) is 6.42 Å². The Hall–Kier alpha value is -1.86. The number of anilines is 1. The predicted molar refractivity (Wildman–Crippen MR) is 60.5 cm³/mol. The topological polar surface area (TPSA) is 32.3 Å². The molecule has 1 aromatic rings. The molecule has 1 saturated heterocycles. The molecule has 0 aromatic heterocycles. The number of likely N-dealkylation sites (tertiary alicyclic amines) is 1. The summed E-state index contributed by atoms with van der Waals surface area (Å²) >= 11 is 0. The molecule has 1 N–H and O–H groups in total. The van der Waals surface area contributed by atoms with Gasteiger partial charge in [-0.3, -0.25) is 4.79 Å². The minimum atomic E-state index is -2.19. The molecule has 1 unspecified atom stereocenters. The molecule has 110 valence electrons. The number of rotatable bonds is 2. The van der Waals surface area contributed by atoms with Crippen LogP contribution in [0.3, 0.4) is 0 Å². The molecule has 2 rings (SSSR count). The van der Waals surface area contributed by atoms with Crippen LogP contribution in [0.2, 0.25) is 0 Å². The number of nitrogens with one attached hydrogen (secondary N) is 1. The predicted octanol–water partition coefficient (Wildman–Crippen LogP) is 2.41. The lowest BCUT2D eigenvalue weighted by Crippen LogP contribution is -2.43. The lowest BCUT2D eigenvalue weighted by molar-refractivity contribution is -0.132. The van der Waals surface area contributed by atoms with E-state index in [0.29, 0.717) is 0 Å². The molecule has 0 radical (unpaired) electrons. The molecule has 8 heteroatoms. The van der Waals surface area contributed by atoms with Crippen molar-refractivity contribution in [3.05, 3.63) is 29.1 Å². The van der Waals surface area contributed by atoms with Crippen molar-refractivity contribution in [3.63, 3.8) is 0 Å². The number of benzene rings is 1. The first-order chi connectivity index (χ1) is 9.32. The maximum Gasteiger partial charge on any atom is 0.222 e. The second kappa shape index (κ2) is 5.26. The van der Waals surface area contributed by atoms with Crippen LogP contribution in [0.15, 0.2) is 0 Å². The fourth-order valence-corrected chi connectivity index (χ4v) is 2.07. The molecule has 1 aromatic carbocycles. The molecule has 0 spiro atoms. The number of piperidine rings is 1. The van der Waals surface area contributed by atoms with Crippen LogP contribution >= 0.6 is 0 Å². The minimum Gasteiger partial charge on any atom is -0.376 e. The summed E-state index contributed by atoms with van der Waals surface area (Å²) in [6.45, 7) is 0.123. The molecular formula is C12H11F5N2O. The Balaban J connectivity index is 2.28. The van der Waals surface area contributed by atoms with Crippen LogP contribution in [-0.4, -0.2) is 30.4 Å². The van der Waals surface area contributed by atoms with Gasteiger partial charge in [0.05, 0.1) is 0 Å². The van der Waals surface area contributed by atoms with Gasteiger partial charge in [0.1, 0.15) is 5.69 Å². The van der Waals surface area contributed by atoms with Crippen LogP contribution in [0.4, 0.5) is 27.6 Å². The zero-order chi connectivity index (χ0) is 15.0. The van der Waals surface area contributed by atoms with E-state index in [2.05, 4.69) is 5.32 Å². The van der Waals surface area contributed by atoms with Crippen molar-refractivity contribution < 1.29 is 26.7 Å². The molecule has 1 heterocycles. The minimum absolute atomic E-state index is 0.123. The van der Waals surface area contributed by atoms with Gasteiger partial charge in [-0.1, -0.05) is 0 Å². The molecule has 1 fully saturated rings. The zero-order valence-corrected chi connectivity index (χ0v) is 10.4. The monoisotopic (exact) mass is 294 g/mol. The molecule has 1 amide bonds. The van der Waals surface area contributed by atoms with Crippen LogP contribution in [0.1, 0.15) is 12.8 Å². The van der Waals surface area contributed by atoms with E-state index in [1.54, 1.807) is 0 Å². The van der Waals surface area contributed by atoms with E-state index < -0.39 is 40.8 Å². The third kappa shape index (κ3) is 2.41. The van der Waals surface area contributed by atoms with Crippen molar-refractivity contribution in [3.8, 4) is 0 Å². The van der Waals surface area contributed by atoms with Crippen LogP contribution in [0.5, 0.6) is 0 Å². The first-order valence-corrected chi connectivity index (χ1v) is 5.84. The fourth-order valence-electron chi connectivity index (χ4n) is 2.07. The quantitative estimate of drug-likeness (QED) is 0.516. The van der Waals surface area contributed by atoms with Crippen molar-refractivity contribution in [1.82, 2.24) is 4.90 Å². The summed E-state index contributed by atoms with van der Waals surface area (Å²) in [6, 6.07) is -0.578. The number of hydrogen-bond donors (Lipinski definition) is 1. The third-order valence-electron chi connectivity index (χ3n) is 3.18. The highest BCUT2D eigenvalue weighted by atomic mass is 19.2. The van der Waals surface area contributed by atoms with Crippen molar-refractivity contribution in [2.75, 3.05) is 18.9 Å². The number of likely N-dealkylation sites (N-methyl/N-ethyl adjacent to an activating group) is 1. The molecule has 0 bridgehead atoms. The van der Waals surface area contributed by atoms with Crippen LogP contribution in [0.25, 0.3) is 0 Å². The Morgan fingerprint density at radius 2 is 1.50 bits per heavy atom. The van der Waals surface area contributed by atoms with Crippen LogP contribution in [-0.2, 0) is 4.79 Å². The summed E-state index contributed by atoms with van der Waals surface area (Å²) in [5.74, 6) is -10.1. The molecule has 0 saturated carbocycles. The first-order valence-electron chi connectivity index (χ1n) is 5.84. The molecule has 1 aliphatic heterocycles. The molecule has 1 atom stereocenters. The summed E-state index contributed by atoms with van der Waals surface area (Å²) < 4.78 is 65.9. The van der Waals surface area contributed by atoms with E-state index in [-0.39, 0.29) is 25.3 Å². The average molecular weight is 294 g/mol. The summed E-state index contributed by atoms with van der Waals surface area (Å²) in [7, 11) is 1.49. The van der Waals surface area contributed by atoms with E-state index in [9.17, 15) is 26.7 Å². The number of amides is 1. The summed E-state index contributed by atoms with van der Waals surface area (Å²) in [6.07, 6.45) is 0.395. The van der Waals surface area contributed by atoms with E-state index >= 15 is 0 Å². The normalized spacial score (nSPS) is 19.4. The zero-order valence-electron chi connectivity index (χ0n) is 10.4. The largest absolute Gasteiger partial charge is 0.376 e. The van der Waals surface area contributed by atoms with Crippen molar-refractivity contribution in [2.45, 2.75) is 18.9 Å². The number of halogens is 5. The van der Waals surface area contributed by atoms with Gasteiger partial charge in [0.2, 0.25) is 11.7 Å². The SMILES string of the molecule is CN1CC(Nc2c(F)c(F)c(F)c(F)c2F)CCC1=O. The van der Waals surface area contributed by atoms with Crippen molar-refractivity contribution >= 4 is 11.6 Å². The van der Waals surface area contributed by atoms with Crippen LogP contribution in [0, 0.1) is 29.1 Å². The van der Waals surface area contributed by atoms with E-state index in [1.807, 2.05) is 0 Å². The Morgan fingerprint density at radius 1 is 1.00 bits per heavy atom. The Bertz CT molecular complexity index is 534. The van der Waals surface area contributed by atoms with Crippen molar-refractivity contribution in [2.24, 2.45) is 0 Å². The van der Waals surface area contributed by atoms with Gasteiger partial charge >= 0.3 is 0 Å². The van der Waals surface area contributed by atoms with Gasteiger partial charge in [0.15, 0.2) is 23.3 Å². The summed E-state index contributed by atoms with van der Waals surface area (Å²) in [4.78, 5) is 12.6. The molecule has 3 nitrogen and oxygen atoms in total. The highest BCUT2D eigenvalue weighted by Crippen LogP contribution is 2.28. The van der Waals surface area contributed by atoms with Gasteiger partial charge in [0.25, 0.3) is 0 Å². The van der Waals surface area contributed by atoms with Gasteiger partial charge in [-0.2, -0.15) is 0 Å². The summed E-state index contributed by atoms with van der Waals surface area (Å²) in [5, 5.41) is 2.29. The average Bonchev–Trinajstić information content (AvgIpc) is 2.43. The molecule has 20 heavy (non-hydrogen) atoms. The van der Waals surface area contributed by atoms with Gasteiger partial charge in [-0.25, -0.2) is 22.0 Å². The van der Waals surface area contributed by atoms with Gasteiger partial charge < -0.3 is 10.2 Å². The van der Waals surface area contributed by atoms with Crippen LogP contribution < -0.4 is 5.32 Å². The second-order valence-electron chi connectivity index (χ2n) is 4.60. The highest BCUT2D eigenvalue weighted by molar-refractivity contribution is 5.77. The smallest absolute Gasteiger partial charge is 0.222 e. The fraction of sp³-hybridized carbons (Fsp3) is 0.417. The van der Waals surface area contributed by atoms with E-state index in [4.69, 9.17) is 0 Å². The number of nitrogens with zero attached hydrogens (tertiary/aromatic N) is 1. The lowest BCUT2D eigenvalue weighted by atomic mass is 10.1. The van der Waals surface area contributed by atoms with Crippen molar-refractivity contribution in [1.29, 1.82) is 0 Å². The van der Waals surface area contributed by atoms with Gasteiger partial charge in [0, 0.05) is 26.1 Å². The molecule has 1 aliphatic rings. The number of hydrogen-bond acceptors (Lipinski definition) is 2. The standard InChI is InChI=1S/C12H11F5N2O/c1-19-4-5(2-3-6(19)20)18-12-10(16)8(14)7(13)9(15)11(12)17/h5,18H,2-4H2,1H3. The first kappa shape index (κ1) is 14.5. The molecular weight excluding hydrogens is 283 g/mol. The maximum absolute atomic E-state index is 13.5. The Kier molecular flexibility index (Phi) is 3.82. The van der Waals surface area contributed by atoms with E-state index in [0.717, 1.165) is 0 Å². The number of carbonyl (C=O) groups excluding carboxylic acids is 1. The molecule has 0 aliphatic carbocycles. The Labute approximate surface area is 111 Å². The Morgan fingerprint density at radius 3 is 2.00 bits per heavy atom. The summed E-state index contributed by atoms with van der Waals surface area (Å²) in [5.41, 5.74) is -1.06. The van der Waals surface area contributed by atoms with Gasteiger partial charge in [-0.15, -0.1) is 0 Å². The third-order valence-corrected chi connectivity index (χ3v) is 3.18. The highest BCUT2D eigenvalue weighted by Gasteiger charge is 2.29. The number of carbonyl (C=O) groups is 1. The second-order valence-corrected chi connectivity index (χ2v) is 4.60. The van der Waals surface area contributed by atoms with E-state index in [1.165, 1.54) is 11.9 Å². The maximum atomic E-state index is 13.5.